The van der Waals surface area contributed by atoms with Gasteiger partial charge in [-0.2, -0.15) is 5.26 Å². The first-order valence-electron chi connectivity index (χ1n) is 5.44. The summed E-state index contributed by atoms with van der Waals surface area (Å²) in [5, 5.41) is 9.11. The molecule has 1 heteroatoms. The second-order valence-corrected chi connectivity index (χ2v) is 4.11. The lowest BCUT2D eigenvalue weighted by atomic mass is 9.83. The molecule has 0 amide bonds. The normalized spacial score (nSPS) is 30.0. The second-order valence-electron chi connectivity index (χ2n) is 4.11. The van der Waals surface area contributed by atoms with Gasteiger partial charge in [0.15, 0.2) is 0 Å². The van der Waals surface area contributed by atoms with Gasteiger partial charge in [0.1, 0.15) is 0 Å². The van der Waals surface area contributed by atoms with Crippen molar-refractivity contribution in [3.8, 4) is 6.07 Å². The number of rotatable bonds is 2. The summed E-state index contributed by atoms with van der Waals surface area (Å²) < 4.78 is 0. The molecular weight excluding hydrogens is 182 g/mol. The van der Waals surface area contributed by atoms with Crippen LogP contribution in [0.3, 0.4) is 0 Å². The lowest BCUT2D eigenvalue weighted by molar-refractivity contribution is 0.461. The van der Waals surface area contributed by atoms with E-state index in [9.17, 15) is 0 Å². The molecule has 2 rings (SSSR count). The molecule has 0 spiro atoms. The van der Waals surface area contributed by atoms with E-state index in [0.717, 1.165) is 12.8 Å². The minimum atomic E-state index is 0.0687. The predicted molar refractivity (Wildman–Crippen MR) is 60.7 cm³/mol. The fourth-order valence-electron chi connectivity index (χ4n) is 2.49. The standard InChI is InChI=1S/C14H15N/c1-2-11-8-9-13(10-15)14(11)12-6-4-3-5-7-12/h3-7,9,11,13-14H,1-2,8H2. The van der Waals surface area contributed by atoms with E-state index in [4.69, 9.17) is 5.26 Å². The van der Waals surface area contributed by atoms with E-state index in [1.165, 1.54) is 5.56 Å². The van der Waals surface area contributed by atoms with Crippen LogP contribution < -0.4 is 0 Å². The smallest absolute Gasteiger partial charge is 0.0665 e. The van der Waals surface area contributed by atoms with Crippen LogP contribution >= 0.6 is 0 Å². The summed E-state index contributed by atoms with van der Waals surface area (Å²) in [7, 11) is 0. The van der Waals surface area contributed by atoms with E-state index >= 15 is 0 Å². The van der Waals surface area contributed by atoms with E-state index < -0.39 is 0 Å². The SMILES string of the molecule is [CH2]CC1C[CH]C(C#N)C1c1ccccc1. The summed E-state index contributed by atoms with van der Waals surface area (Å²) in [6, 6.07) is 12.7. The van der Waals surface area contributed by atoms with Crippen LogP contribution in [0.5, 0.6) is 0 Å². The van der Waals surface area contributed by atoms with Crippen LogP contribution in [0.15, 0.2) is 30.3 Å². The first kappa shape index (κ1) is 10.2. The molecule has 1 saturated carbocycles. The Morgan fingerprint density at radius 3 is 2.67 bits per heavy atom. The highest BCUT2D eigenvalue weighted by Gasteiger charge is 2.36. The molecule has 1 aliphatic carbocycles. The van der Waals surface area contributed by atoms with Crippen molar-refractivity contribution in [1.82, 2.24) is 0 Å². The minimum absolute atomic E-state index is 0.0687. The van der Waals surface area contributed by atoms with E-state index in [0.29, 0.717) is 11.8 Å². The van der Waals surface area contributed by atoms with Gasteiger partial charge in [0.2, 0.25) is 0 Å². The van der Waals surface area contributed by atoms with E-state index in [1.54, 1.807) is 0 Å². The first-order valence-corrected chi connectivity index (χ1v) is 5.44. The molecule has 3 unspecified atom stereocenters. The Morgan fingerprint density at radius 2 is 2.07 bits per heavy atom. The molecule has 1 aromatic rings. The van der Waals surface area contributed by atoms with Gasteiger partial charge in [0.05, 0.1) is 12.0 Å². The molecule has 1 aromatic carbocycles. The molecular formula is C14H15N. The third-order valence-corrected chi connectivity index (χ3v) is 3.29. The maximum absolute atomic E-state index is 9.11. The van der Waals surface area contributed by atoms with Crippen molar-refractivity contribution >= 4 is 0 Å². The van der Waals surface area contributed by atoms with Gasteiger partial charge in [-0.1, -0.05) is 37.3 Å². The average Bonchev–Trinajstić information content (AvgIpc) is 2.72. The zero-order valence-electron chi connectivity index (χ0n) is 8.76. The Labute approximate surface area is 91.7 Å². The van der Waals surface area contributed by atoms with Crippen LogP contribution in [-0.2, 0) is 0 Å². The molecule has 0 aliphatic heterocycles. The van der Waals surface area contributed by atoms with Crippen molar-refractivity contribution in [3.63, 3.8) is 0 Å². The van der Waals surface area contributed by atoms with Crippen LogP contribution in [0.25, 0.3) is 0 Å². The number of benzene rings is 1. The van der Waals surface area contributed by atoms with Gasteiger partial charge in [-0.15, -0.1) is 0 Å². The quantitative estimate of drug-likeness (QED) is 0.713. The van der Waals surface area contributed by atoms with Gasteiger partial charge in [-0.05, 0) is 30.7 Å². The molecule has 0 heterocycles. The van der Waals surface area contributed by atoms with Crippen molar-refractivity contribution < 1.29 is 0 Å². The van der Waals surface area contributed by atoms with Crippen molar-refractivity contribution in [2.75, 3.05) is 0 Å². The lowest BCUT2D eigenvalue weighted by Gasteiger charge is -2.20. The molecule has 1 aliphatic rings. The molecule has 2 radical (unpaired) electrons. The van der Waals surface area contributed by atoms with Crippen LogP contribution in [0.4, 0.5) is 0 Å². The molecule has 0 saturated heterocycles. The number of hydrogen-bond donors (Lipinski definition) is 0. The summed E-state index contributed by atoms with van der Waals surface area (Å²) in [5.74, 6) is 0.963. The van der Waals surface area contributed by atoms with E-state index in [-0.39, 0.29) is 5.92 Å². The first-order chi connectivity index (χ1) is 7.36. The summed E-state index contributed by atoms with van der Waals surface area (Å²) >= 11 is 0. The molecule has 3 atom stereocenters. The molecule has 1 fully saturated rings. The second kappa shape index (κ2) is 4.49. The highest BCUT2D eigenvalue weighted by molar-refractivity contribution is 5.27. The maximum atomic E-state index is 9.11. The van der Waals surface area contributed by atoms with E-state index in [2.05, 4.69) is 31.5 Å². The zero-order chi connectivity index (χ0) is 10.7. The Hall–Kier alpha value is -1.29. The Kier molecular flexibility index (Phi) is 3.06. The highest BCUT2D eigenvalue weighted by atomic mass is 14.4. The number of nitrogens with zero attached hydrogens (tertiary/aromatic N) is 1. The fourth-order valence-corrected chi connectivity index (χ4v) is 2.49. The van der Waals surface area contributed by atoms with Gasteiger partial charge in [0.25, 0.3) is 0 Å². The molecule has 76 valence electrons. The van der Waals surface area contributed by atoms with Gasteiger partial charge >= 0.3 is 0 Å². The van der Waals surface area contributed by atoms with Crippen LogP contribution in [0, 0.1) is 36.5 Å². The highest BCUT2D eigenvalue weighted by Crippen LogP contribution is 2.44. The van der Waals surface area contributed by atoms with E-state index in [1.807, 2.05) is 18.2 Å². The van der Waals surface area contributed by atoms with Gasteiger partial charge in [-0.3, -0.25) is 0 Å². The average molecular weight is 197 g/mol. The minimum Gasteiger partial charge on any atom is -0.198 e. The van der Waals surface area contributed by atoms with Gasteiger partial charge < -0.3 is 0 Å². The summed E-state index contributed by atoms with van der Waals surface area (Å²) in [6.45, 7) is 3.98. The zero-order valence-corrected chi connectivity index (χ0v) is 8.76. The van der Waals surface area contributed by atoms with Crippen molar-refractivity contribution in [2.24, 2.45) is 11.8 Å². The van der Waals surface area contributed by atoms with Crippen LogP contribution in [-0.4, -0.2) is 0 Å². The monoisotopic (exact) mass is 197 g/mol. The number of nitriles is 1. The summed E-state index contributed by atoms with van der Waals surface area (Å²) in [6.07, 6.45) is 4.09. The topological polar surface area (TPSA) is 23.8 Å². The van der Waals surface area contributed by atoms with Gasteiger partial charge in [0, 0.05) is 5.92 Å². The molecule has 0 aromatic heterocycles. The van der Waals surface area contributed by atoms with Crippen LogP contribution in [0.2, 0.25) is 0 Å². The maximum Gasteiger partial charge on any atom is 0.0665 e. The van der Waals surface area contributed by atoms with Crippen LogP contribution in [0.1, 0.15) is 24.3 Å². The molecule has 1 nitrogen and oxygen atoms in total. The van der Waals surface area contributed by atoms with Crippen molar-refractivity contribution in [3.05, 3.63) is 49.2 Å². The Bertz CT molecular complexity index is 349. The van der Waals surface area contributed by atoms with Crippen molar-refractivity contribution in [2.45, 2.75) is 18.8 Å². The summed E-state index contributed by atoms with van der Waals surface area (Å²) in [5.41, 5.74) is 1.28. The van der Waals surface area contributed by atoms with Crippen molar-refractivity contribution in [1.29, 1.82) is 5.26 Å². The largest absolute Gasteiger partial charge is 0.198 e. The molecule has 0 N–H and O–H groups in total. The summed E-state index contributed by atoms with van der Waals surface area (Å²) in [4.78, 5) is 0. The third-order valence-electron chi connectivity index (χ3n) is 3.29. The third kappa shape index (κ3) is 1.90. The Morgan fingerprint density at radius 1 is 1.33 bits per heavy atom. The molecule has 0 bridgehead atoms. The molecule has 15 heavy (non-hydrogen) atoms. The fraction of sp³-hybridized carbons (Fsp3) is 0.357. The lowest BCUT2D eigenvalue weighted by Crippen LogP contribution is -2.11. The Balaban J connectivity index is 2.28. The van der Waals surface area contributed by atoms with Gasteiger partial charge in [-0.25, -0.2) is 0 Å². The predicted octanol–water partition coefficient (Wildman–Crippen LogP) is 3.36. The number of hydrogen-bond acceptors (Lipinski definition) is 1.